The number of nitrogens with zero attached hydrogens (tertiary/aromatic N) is 2. The van der Waals surface area contributed by atoms with E-state index >= 15 is 0 Å². The number of alkyl halides is 6. The number of methoxy groups -OCH3 is 1. The van der Waals surface area contributed by atoms with Gasteiger partial charge >= 0.3 is 24.5 Å². The summed E-state index contributed by atoms with van der Waals surface area (Å²) >= 11 is 0. The SMILES string of the molecule is CC[C@@H]1CC(N(Cc2cc(C(F)(F)F)cc(C(F)(F)F)c2)C(=O)OC)CC(Cc2ccccc2)N1C(=O)OCc1ccccc1. The summed E-state index contributed by atoms with van der Waals surface area (Å²) in [6, 6.07) is 18.1. The first-order valence-electron chi connectivity index (χ1n) is 14.5. The Morgan fingerprint density at radius 2 is 1.33 bits per heavy atom. The van der Waals surface area contributed by atoms with E-state index in [-0.39, 0.29) is 31.1 Å². The van der Waals surface area contributed by atoms with Gasteiger partial charge in [0.2, 0.25) is 0 Å². The lowest BCUT2D eigenvalue weighted by atomic mass is 9.86. The van der Waals surface area contributed by atoms with Crippen LogP contribution in [0.4, 0.5) is 35.9 Å². The van der Waals surface area contributed by atoms with Crippen LogP contribution >= 0.6 is 0 Å². The molecular formula is C33H34F6N2O4. The molecule has 0 aromatic heterocycles. The largest absolute Gasteiger partial charge is 0.453 e. The number of amides is 2. The maximum Gasteiger partial charge on any atom is 0.416 e. The van der Waals surface area contributed by atoms with Crippen molar-refractivity contribution in [2.75, 3.05) is 7.11 Å². The predicted octanol–water partition coefficient (Wildman–Crippen LogP) is 8.48. The zero-order valence-corrected chi connectivity index (χ0v) is 24.8. The number of halogens is 6. The first kappa shape index (κ1) is 33.7. The van der Waals surface area contributed by atoms with Gasteiger partial charge in [0.25, 0.3) is 0 Å². The van der Waals surface area contributed by atoms with Crippen molar-refractivity contribution in [3.8, 4) is 0 Å². The second-order valence-corrected chi connectivity index (χ2v) is 11.0. The lowest BCUT2D eigenvalue weighted by molar-refractivity contribution is -0.143. The van der Waals surface area contributed by atoms with Crippen LogP contribution < -0.4 is 0 Å². The summed E-state index contributed by atoms with van der Waals surface area (Å²) in [5, 5.41) is 0. The first-order valence-corrected chi connectivity index (χ1v) is 14.5. The molecule has 2 amide bonds. The lowest BCUT2D eigenvalue weighted by Crippen LogP contribution is -2.58. The molecule has 6 nitrogen and oxygen atoms in total. The summed E-state index contributed by atoms with van der Waals surface area (Å²) in [6.07, 6.45) is -10.3. The van der Waals surface area contributed by atoms with Crippen LogP contribution in [0.3, 0.4) is 0 Å². The van der Waals surface area contributed by atoms with Gasteiger partial charge in [0.15, 0.2) is 0 Å². The van der Waals surface area contributed by atoms with E-state index < -0.39 is 60.3 Å². The van der Waals surface area contributed by atoms with E-state index in [2.05, 4.69) is 0 Å². The third-order valence-corrected chi connectivity index (χ3v) is 7.93. The van der Waals surface area contributed by atoms with E-state index in [0.717, 1.165) is 23.1 Å². The van der Waals surface area contributed by atoms with Crippen LogP contribution in [0.25, 0.3) is 0 Å². The molecular weight excluding hydrogens is 602 g/mol. The van der Waals surface area contributed by atoms with Crippen molar-refractivity contribution in [3.63, 3.8) is 0 Å². The fraction of sp³-hybridized carbons (Fsp3) is 0.394. The van der Waals surface area contributed by atoms with Gasteiger partial charge in [0, 0.05) is 24.7 Å². The summed E-state index contributed by atoms with van der Waals surface area (Å²) < 4.78 is 92.1. The van der Waals surface area contributed by atoms with Crippen LogP contribution in [0, 0.1) is 0 Å². The fourth-order valence-corrected chi connectivity index (χ4v) is 5.79. The molecule has 2 unspecified atom stereocenters. The fourth-order valence-electron chi connectivity index (χ4n) is 5.79. The Balaban J connectivity index is 1.67. The average Bonchev–Trinajstić information content (AvgIpc) is 3.01. The number of ether oxygens (including phenoxy) is 2. The first-order chi connectivity index (χ1) is 21.3. The molecule has 0 bridgehead atoms. The van der Waals surface area contributed by atoms with E-state index in [1.807, 2.05) is 67.6 Å². The van der Waals surface area contributed by atoms with E-state index in [0.29, 0.717) is 25.0 Å². The van der Waals surface area contributed by atoms with E-state index in [9.17, 15) is 35.9 Å². The molecule has 45 heavy (non-hydrogen) atoms. The van der Waals surface area contributed by atoms with Gasteiger partial charge in [-0.25, -0.2) is 9.59 Å². The molecule has 1 fully saturated rings. The third-order valence-electron chi connectivity index (χ3n) is 7.93. The summed E-state index contributed by atoms with van der Waals surface area (Å²) in [6.45, 7) is 1.34. The highest BCUT2D eigenvalue weighted by atomic mass is 19.4. The Labute approximate surface area is 257 Å². The van der Waals surface area contributed by atoms with Crippen LogP contribution in [0.15, 0.2) is 78.9 Å². The average molecular weight is 637 g/mol. The minimum Gasteiger partial charge on any atom is -0.453 e. The smallest absolute Gasteiger partial charge is 0.416 e. The van der Waals surface area contributed by atoms with Crippen molar-refractivity contribution in [1.29, 1.82) is 0 Å². The molecule has 242 valence electrons. The van der Waals surface area contributed by atoms with Gasteiger partial charge in [-0.05, 0) is 60.6 Å². The number of carbonyl (C=O) groups excluding carboxylic acids is 2. The topological polar surface area (TPSA) is 59.1 Å². The molecule has 0 saturated carbocycles. The van der Waals surface area contributed by atoms with Crippen molar-refractivity contribution < 1.29 is 45.4 Å². The van der Waals surface area contributed by atoms with Crippen molar-refractivity contribution >= 4 is 12.2 Å². The van der Waals surface area contributed by atoms with Gasteiger partial charge in [-0.15, -0.1) is 0 Å². The Bertz CT molecular complexity index is 1400. The highest BCUT2D eigenvalue weighted by molar-refractivity contribution is 5.70. The maximum atomic E-state index is 13.6. The number of carbonyl (C=O) groups is 2. The minimum atomic E-state index is -5.04. The standard InChI is InChI=1S/C33H34F6N2O4/c1-3-27-18-28(40(30(42)44-2)20-24-14-25(32(34,35)36)17-26(15-24)33(37,38)39)19-29(16-22-10-6-4-7-11-22)41(27)31(43)45-21-23-12-8-5-9-13-23/h4-15,17,27-29H,3,16,18-21H2,1-2H3/t27-,28?,29?/m1/s1. The minimum absolute atomic E-state index is 0.0411. The second-order valence-electron chi connectivity index (χ2n) is 11.0. The number of likely N-dealkylation sites (tertiary alicyclic amines) is 1. The van der Waals surface area contributed by atoms with Crippen LogP contribution in [0.1, 0.15) is 54.0 Å². The van der Waals surface area contributed by atoms with Gasteiger partial charge in [-0.1, -0.05) is 67.6 Å². The summed E-state index contributed by atoms with van der Waals surface area (Å²) in [5.74, 6) is 0. The molecule has 3 aromatic carbocycles. The Hall–Kier alpha value is -4.22. The molecule has 1 saturated heterocycles. The van der Waals surface area contributed by atoms with E-state index in [1.165, 1.54) is 0 Å². The summed E-state index contributed by atoms with van der Waals surface area (Å²) in [4.78, 5) is 29.4. The maximum absolute atomic E-state index is 13.6. The van der Waals surface area contributed by atoms with Crippen molar-refractivity contribution in [2.24, 2.45) is 0 Å². The molecule has 0 spiro atoms. The monoisotopic (exact) mass is 636 g/mol. The van der Waals surface area contributed by atoms with Crippen LogP contribution in [-0.4, -0.2) is 47.2 Å². The molecule has 0 N–H and O–H groups in total. The highest BCUT2D eigenvalue weighted by Crippen LogP contribution is 2.38. The molecule has 3 aromatic rings. The Morgan fingerprint density at radius 1 is 0.800 bits per heavy atom. The number of piperidine rings is 1. The zero-order chi connectivity index (χ0) is 32.8. The van der Waals surface area contributed by atoms with Gasteiger partial charge < -0.3 is 19.3 Å². The zero-order valence-electron chi connectivity index (χ0n) is 24.8. The molecule has 1 aliphatic rings. The molecule has 0 aliphatic carbocycles. The van der Waals surface area contributed by atoms with E-state index in [4.69, 9.17) is 9.47 Å². The predicted molar refractivity (Wildman–Crippen MR) is 154 cm³/mol. The number of hydrogen-bond acceptors (Lipinski definition) is 4. The second kappa shape index (κ2) is 14.3. The van der Waals surface area contributed by atoms with Gasteiger partial charge in [0.05, 0.1) is 18.2 Å². The quantitative estimate of drug-likeness (QED) is 0.233. The molecule has 1 aliphatic heterocycles. The Kier molecular flexibility index (Phi) is 10.7. The molecule has 1 heterocycles. The molecule has 3 atom stereocenters. The van der Waals surface area contributed by atoms with Crippen molar-refractivity contribution in [1.82, 2.24) is 9.80 Å². The molecule has 12 heteroatoms. The molecule has 4 rings (SSSR count). The lowest BCUT2D eigenvalue weighted by Gasteiger charge is -2.47. The number of hydrogen-bond donors (Lipinski definition) is 0. The normalized spacial score (nSPS) is 18.8. The Morgan fingerprint density at radius 3 is 1.84 bits per heavy atom. The molecule has 0 radical (unpaired) electrons. The number of benzene rings is 3. The van der Waals surface area contributed by atoms with Crippen molar-refractivity contribution in [2.45, 2.75) is 76.2 Å². The van der Waals surface area contributed by atoms with Crippen LogP contribution in [-0.2, 0) is 41.4 Å². The van der Waals surface area contributed by atoms with Crippen LogP contribution in [0.5, 0.6) is 0 Å². The summed E-state index contributed by atoms with van der Waals surface area (Å²) in [7, 11) is 1.09. The number of rotatable bonds is 8. The van der Waals surface area contributed by atoms with Gasteiger partial charge in [-0.2, -0.15) is 26.3 Å². The third kappa shape index (κ3) is 8.70. The highest BCUT2D eigenvalue weighted by Gasteiger charge is 2.43. The van der Waals surface area contributed by atoms with Crippen LogP contribution in [0.2, 0.25) is 0 Å². The van der Waals surface area contributed by atoms with Crippen molar-refractivity contribution in [3.05, 3.63) is 107 Å². The van der Waals surface area contributed by atoms with Gasteiger partial charge in [-0.3, -0.25) is 0 Å². The van der Waals surface area contributed by atoms with Gasteiger partial charge in [0.1, 0.15) is 6.61 Å². The summed E-state index contributed by atoms with van der Waals surface area (Å²) in [5.41, 5.74) is -1.59. The van der Waals surface area contributed by atoms with E-state index in [1.54, 1.807) is 4.90 Å².